The van der Waals surface area contributed by atoms with Crippen LogP contribution in [-0.4, -0.2) is 37.2 Å². The first-order valence-corrected chi connectivity index (χ1v) is 7.52. The topological polar surface area (TPSA) is 41.6 Å². The highest BCUT2D eigenvalue weighted by molar-refractivity contribution is 5.74. The van der Waals surface area contributed by atoms with Crippen molar-refractivity contribution in [3.8, 4) is 5.75 Å². The summed E-state index contributed by atoms with van der Waals surface area (Å²) in [6.45, 7) is 6.45. The van der Waals surface area contributed by atoms with Gasteiger partial charge in [0.05, 0.1) is 6.54 Å². The van der Waals surface area contributed by atoms with Gasteiger partial charge in [-0.2, -0.15) is 0 Å². The molecule has 2 rings (SSSR count). The van der Waals surface area contributed by atoms with Gasteiger partial charge in [-0.3, -0.25) is 0 Å². The first kappa shape index (κ1) is 14.7. The van der Waals surface area contributed by atoms with Crippen LogP contribution in [0.25, 0.3) is 0 Å². The summed E-state index contributed by atoms with van der Waals surface area (Å²) in [5.41, 5.74) is 2.86. The minimum Gasteiger partial charge on any atom is -0.492 e. The maximum Gasteiger partial charge on any atom is 0.317 e. The van der Waals surface area contributed by atoms with E-state index < -0.39 is 0 Å². The number of benzene rings is 1. The third-order valence-electron chi connectivity index (χ3n) is 3.77. The van der Waals surface area contributed by atoms with E-state index in [4.69, 9.17) is 4.74 Å². The monoisotopic (exact) mass is 276 g/mol. The summed E-state index contributed by atoms with van der Waals surface area (Å²) in [5.74, 6) is 0.905. The Hall–Kier alpha value is -1.71. The molecule has 1 N–H and O–H groups in total. The molecule has 4 heteroatoms. The third-order valence-corrected chi connectivity index (χ3v) is 3.77. The van der Waals surface area contributed by atoms with Crippen molar-refractivity contribution in [3.63, 3.8) is 0 Å². The van der Waals surface area contributed by atoms with Gasteiger partial charge >= 0.3 is 6.03 Å². The Kier molecular flexibility index (Phi) is 5.27. The molecule has 0 bridgehead atoms. The number of fused-ring (bicyclic) bond motifs is 1. The maximum atomic E-state index is 11.7. The van der Waals surface area contributed by atoms with E-state index in [0.29, 0.717) is 13.2 Å². The fraction of sp³-hybridized carbons (Fsp3) is 0.562. The van der Waals surface area contributed by atoms with Gasteiger partial charge in [0.25, 0.3) is 0 Å². The van der Waals surface area contributed by atoms with Gasteiger partial charge in [-0.15, -0.1) is 0 Å². The van der Waals surface area contributed by atoms with Crippen LogP contribution in [0.3, 0.4) is 0 Å². The zero-order chi connectivity index (χ0) is 14.4. The summed E-state index contributed by atoms with van der Waals surface area (Å²) in [6.07, 6.45) is 3.60. The molecule has 1 aromatic rings. The Bertz CT molecular complexity index is 456. The lowest BCUT2D eigenvalue weighted by Crippen LogP contribution is -2.41. The number of ether oxygens (including phenoxy) is 1. The van der Waals surface area contributed by atoms with E-state index >= 15 is 0 Å². The van der Waals surface area contributed by atoms with E-state index in [9.17, 15) is 4.79 Å². The normalized spacial score (nSPS) is 12.9. The molecule has 0 aromatic heterocycles. The second kappa shape index (κ2) is 7.17. The Labute approximate surface area is 121 Å². The van der Waals surface area contributed by atoms with Gasteiger partial charge in [0.15, 0.2) is 0 Å². The fourth-order valence-corrected chi connectivity index (χ4v) is 2.59. The zero-order valence-corrected chi connectivity index (χ0v) is 12.4. The summed E-state index contributed by atoms with van der Waals surface area (Å²) in [6, 6.07) is 6.30. The van der Waals surface area contributed by atoms with Crippen molar-refractivity contribution in [1.29, 1.82) is 0 Å². The highest BCUT2D eigenvalue weighted by Gasteiger charge is 2.11. The molecular weight excluding hydrogens is 252 g/mol. The van der Waals surface area contributed by atoms with Crippen LogP contribution in [0.4, 0.5) is 4.79 Å². The molecule has 0 saturated heterocycles. The predicted octanol–water partition coefficient (Wildman–Crippen LogP) is 2.61. The van der Waals surface area contributed by atoms with Crippen LogP contribution < -0.4 is 10.1 Å². The van der Waals surface area contributed by atoms with Crippen LogP contribution in [0.5, 0.6) is 5.75 Å². The molecule has 1 aromatic carbocycles. The molecule has 1 aliphatic rings. The Morgan fingerprint density at radius 3 is 2.75 bits per heavy atom. The number of hydrogen-bond donors (Lipinski definition) is 1. The van der Waals surface area contributed by atoms with E-state index in [0.717, 1.165) is 25.3 Å². The van der Waals surface area contributed by atoms with Crippen LogP contribution in [0.15, 0.2) is 18.2 Å². The average Bonchev–Trinajstić information content (AvgIpc) is 2.92. The highest BCUT2D eigenvalue weighted by atomic mass is 16.5. The molecule has 0 fully saturated rings. The Morgan fingerprint density at radius 1 is 1.25 bits per heavy atom. The van der Waals surface area contributed by atoms with E-state index in [1.165, 1.54) is 24.0 Å². The van der Waals surface area contributed by atoms with Crippen molar-refractivity contribution < 1.29 is 9.53 Å². The quantitative estimate of drug-likeness (QED) is 0.811. The number of carbonyl (C=O) groups excluding carboxylic acids is 1. The van der Waals surface area contributed by atoms with Crippen LogP contribution in [0.1, 0.15) is 31.4 Å². The summed E-state index contributed by atoms with van der Waals surface area (Å²) in [5, 5.41) is 2.87. The number of nitrogens with one attached hydrogen (secondary N) is 1. The van der Waals surface area contributed by atoms with Crippen LogP contribution in [0, 0.1) is 0 Å². The number of urea groups is 1. The lowest BCUT2D eigenvalue weighted by Gasteiger charge is -2.19. The van der Waals surface area contributed by atoms with Crippen molar-refractivity contribution in [2.75, 3.05) is 26.2 Å². The first-order chi connectivity index (χ1) is 9.74. The standard InChI is InChI=1S/C16H24N2O2/c1-3-18(4-2)16(19)17-10-11-20-15-9-8-13-6-5-7-14(13)12-15/h8-9,12H,3-7,10-11H2,1-2H3,(H,17,19). The lowest BCUT2D eigenvalue weighted by atomic mass is 10.1. The Morgan fingerprint density at radius 2 is 2.00 bits per heavy atom. The van der Waals surface area contributed by atoms with E-state index in [1.54, 1.807) is 4.90 Å². The number of carbonyl (C=O) groups is 1. The number of hydrogen-bond acceptors (Lipinski definition) is 2. The number of aryl methyl sites for hydroxylation is 2. The van der Waals surface area contributed by atoms with Crippen LogP contribution in [-0.2, 0) is 12.8 Å². The van der Waals surface area contributed by atoms with E-state index in [-0.39, 0.29) is 6.03 Å². The van der Waals surface area contributed by atoms with Gasteiger partial charge < -0.3 is 15.0 Å². The summed E-state index contributed by atoms with van der Waals surface area (Å²) >= 11 is 0. The van der Waals surface area contributed by atoms with Gasteiger partial charge in [-0.05, 0) is 56.4 Å². The Balaban J connectivity index is 1.72. The van der Waals surface area contributed by atoms with Crippen LogP contribution >= 0.6 is 0 Å². The third kappa shape index (κ3) is 3.65. The van der Waals surface area contributed by atoms with Gasteiger partial charge in [-0.25, -0.2) is 4.79 Å². The van der Waals surface area contributed by atoms with E-state index in [2.05, 4.69) is 17.4 Å². The second-order valence-corrected chi connectivity index (χ2v) is 5.04. The summed E-state index contributed by atoms with van der Waals surface area (Å²) in [4.78, 5) is 13.5. The number of nitrogens with zero attached hydrogens (tertiary/aromatic N) is 1. The lowest BCUT2D eigenvalue weighted by molar-refractivity contribution is 0.200. The SMILES string of the molecule is CCN(CC)C(=O)NCCOc1ccc2c(c1)CCC2. The molecule has 4 nitrogen and oxygen atoms in total. The van der Waals surface area contributed by atoms with Crippen molar-refractivity contribution in [3.05, 3.63) is 29.3 Å². The van der Waals surface area contributed by atoms with Gasteiger partial charge in [0, 0.05) is 13.1 Å². The molecule has 0 aliphatic heterocycles. The largest absolute Gasteiger partial charge is 0.492 e. The molecule has 0 heterocycles. The molecule has 20 heavy (non-hydrogen) atoms. The molecule has 0 spiro atoms. The van der Waals surface area contributed by atoms with Crippen LogP contribution in [0.2, 0.25) is 0 Å². The molecular formula is C16H24N2O2. The smallest absolute Gasteiger partial charge is 0.317 e. The summed E-state index contributed by atoms with van der Waals surface area (Å²) < 4.78 is 5.70. The molecule has 2 amide bonds. The zero-order valence-electron chi connectivity index (χ0n) is 12.4. The van der Waals surface area contributed by atoms with Crippen molar-refractivity contribution >= 4 is 6.03 Å². The van der Waals surface area contributed by atoms with Gasteiger partial charge in [0.1, 0.15) is 12.4 Å². The minimum atomic E-state index is -0.0208. The van der Waals surface area contributed by atoms with Gasteiger partial charge in [-0.1, -0.05) is 6.07 Å². The highest BCUT2D eigenvalue weighted by Crippen LogP contribution is 2.25. The second-order valence-electron chi connectivity index (χ2n) is 5.04. The van der Waals surface area contributed by atoms with Crippen molar-refractivity contribution in [1.82, 2.24) is 10.2 Å². The summed E-state index contributed by atoms with van der Waals surface area (Å²) in [7, 11) is 0. The predicted molar refractivity (Wildman–Crippen MR) is 80.3 cm³/mol. The molecule has 110 valence electrons. The van der Waals surface area contributed by atoms with Crippen molar-refractivity contribution in [2.24, 2.45) is 0 Å². The number of amides is 2. The molecule has 0 atom stereocenters. The fourth-order valence-electron chi connectivity index (χ4n) is 2.59. The van der Waals surface area contributed by atoms with Gasteiger partial charge in [0.2, 0.25) is 0 Å². The molecule has 0 unspecified atom stereocenters. The van der Waals surface area contributed by atoms with Crippen molar-refractivity contribution in [2.45, 2.75) is 33.1 Å². The number of rotatable bonds is 6. The minimum absolute atomic E-state index is 0.0208. The molecule has 1 aliphatic carbocycles. The molecule has 0 saturated carbocycles. The van der Waals surface area contributed by atoms with E-state index in [1.807, 2.05) is 19.9 Å². The molecule has 0 radical (unpaired) electrons. The first-order valence-electron chi connectivity index (χ1n) is 7.52. The average molecular weight is 276 g/mol. The maximum absolute atomic E-state index is 11.7.